The van der Waals surface area contributed by atoms with Gasteiger partial charge in [0, 0.05) is 18.1 Å². The maximum atomic E-state index is 12.5. The average Bonchev–Trinajstić information content (AvgIpc) is 3.00. The van der Waals surface area contributed by atoms with Gasteiger partial charge >= 0.3 is 5.97 Å². The van der Waals surface area contributed by atoms with E-state index in [0.717, 1.165) is 5.75 Å². The molecule has 2 N–H and O–H groups in total. The summed E-state index contributed by atoms with van der Waals surface area (Å²) in [6.07, 6.45) is -0.0651. The summed E-state index contributed by atoms with van der Waals surface area (Å²) in [5.74, 6) is -0.0223. The topological polar surface area (TPSA) is 86.7 Å². The summed E-state index contributed by atoms with van der Waals surface area (Å²) in [7, 11) is 0. The highest BCUT2D eigenvalue weighted by atomic mass is 32.2. The molecule has 2 unspecified atom stereocenters. The third kappa shape index (κ3) is 4.23. The van der Waals surface area contributed by atoms with Crippen molar-refractivity contribution < 1.29 is 19.5 Å². The number of aliphatic carboxylic acids is 1. The molecule has 0 radical (unpaired) electrons. The Hall–Kier alpha value is -1.54. The van der Waals surface area contributed by atoms with Crippen LogP contribution in [-0.2, 0) is 9.59 Å². The first-order valence-corrected chi connectivity index (χ1v) is 8.97. The molecule has 120 valence electrons. The second kappa shape index (κ2) is 7.64. The number of nitrogens with one attached hydrogen (secondary N) is 1. The molecule has 6 nitrogen and oxygen atoms in total. The number of carboxylic acids is 1. The van der Waals surface area contributed by atoms with E-state index in [1.807, 2.05) is 0 Å². The fourth-order valence-electron chi connectivity index (χ4n) is 2.30. The van der Waals surface area contributed by atoms with Gasteiger partial charge in [-0.1, -0.05) is 6.07 Å². The Labute approximate surface area is 136 Å². The SMILES string of the molecule is CC(NC(=O)c1cccs1)C(=O)N1CCSCC1CC(=O)O. The van der Waals surface area contributed by atoms with Crippen molar-refractivity contribution in [1.82, 2.24) is 10.2 Å². The largest absolute Gasteiger partial charge is 0.481 e. The average molecular weight is 342 g/mol. The molecule has 0 bridgehead atoms. The van der Waals surface area contributed by atoms with Crippen LogP contribution in [0.4, 0.5) is 0 Å². The molecule has 2 atom stereocenters. The smallest absolute Gasteiger partial charge is 0.305 e. The van der Waals surface area contributed by atoms with Crippen molar-refractivity contribution in [2.24, 2.45) is 0 Å². The highest BCUT2D eigenvalue weighted by molar-refractivity contribution is 7.99. The molecule has 2 amide bonds. The van der Waals surface area contributed by atoms with Crippen LogP contribution < -0.4 is 5.32 Å². The molecule has 0 spiro atoms. The van der Waals surface area contributed by atoms with Crippen molar-refractivity contribution in [3.05, 3.63) is 22.4 Å². The molecule has 0 aliphatic carbocycles. The van der Waals surface area contributed by atoms with Gasteiger partial charge in [0.05, 0.1) is 17.3 Å². The number of thiophene rings is 1. The maximum absolute atomic E-state index is 12.5. The molecule has 1 aliphatic rings. The summed E-state index contributed by atoms with van der Waals surface area (Å²) < 4.78 is 0. The Kier molecular flexibility index (Phi) is 5.84. The number of nitrogens with zero attached hydrogens (tertiary/aromatic N) is 1. The third-order valence-electron chi connectivity index (χ3n) is 3.38. The number of thioether (sulfide) groups is 1. The van der Waals surface area contributed by atoms with Gasteiger partial charge in [0.1, 0.15) is 6.04 Å². The lowest BCUT2D eigenvalue weighted by Gasteiger charge is -2.36. The maximum Gasteiger partial charge on any atom is 0.305 e. The minimum Gasteiger partial charge on any atom is -0.481 e. The molecule has 1 aromatic rings. The van der Waals surface area contributed by atoms with Gasteiger partial charge in [-0.15, -0.1) is 11.3 Å². The van der Waals surface area contributed by atoms with Gasteiger partial charge in [-0.2, -0.15) is 11.8 Å². The number of amides is 2. The van der Waals surface area contributed by atoms with E-state index in [4.69, 9.17) is 5.11 Å². The minimum absolute atomic E-state index is 0.0651. The first kappa shape index (κ1) is 16.8. The lowest BCUT2D eigenvalue weighted by Crippen LogP contribution is -2.54. The number of carbonyl (C=O) groups is 3. The van der Waals surface area contributed by atoms with Crippen LogP contribution in [0.1, 0.15) is 23.0 Å². The van der Waals surface area contributed by atoms with Crippen LogP contribution in [0.3, 0.4) is 0 Å². The first-order valence-electron chi connectivity index (χ1n) is 6.93. The molecule has 2 rings (SSSR count). The van der Waals surface area contributed by atoms with Crippen LogP contribution in [-0.4, -0.2) is 57.9 Å². The normalized spacial score (nSPS) is 19.5. The van der Waals surface area contributed by atoms with Crippen LogP contribution >= 0.6 is 23.1 Å². The molecule has 0 aromatic carbocycles. The Morgan fingerprint density at radius 1 is 1.50 bits per heavy atom. The van der Waals surface area contributed by atoms with Gasteiger partial charge in [-0.05, 0) is 18.4 Å². The Balaban J connectivity index is 1.98. The first-order chi connectivity index (χ1) is 10.5. The Morgan fingerprint density at radius 2 is 2.27 bits per heavy atom. The van der Waals surface area contributed by atoms with Crippen molar-refractivity contribution in [1.29, 1.82) is 0 Å². The van der Waals surface area contributed by atoms with Crippen LogP contribution in [0.25, 0.3) is 0 Å². The van der Waals surface area contributed by atoms with Crippen LogP contribution in [0.15, 0.2) is 17.5 Å². The number of hydrogen-bond acceptors (Lipinski definition) is 5. The number of carboxylic acid groups (broad SMARTS) is 1. The van der Waals surface area contributed by atoms with Crippen molar-refractivity contribution in [3.63, 3.8) is 0 Å². The molecule has 0 saturated carbocycles. The van der Waals surface area contributed by atoms with E-state index < -0.39 is 12.0 Å². The number of hydrogen-bond donors (Lipinski definition) is 2. The summed E-state index contributed by atoms with van der Waals surface area (Å²) in [4.78, 5) is 37.6. The van der Waals surface area contributed by atoms with Crippen molar-refractivity contribution in [2.75, 3.05) is 18.1 Å². The summed E-state index contributed by atoms with van der Waals surface area (Å²) >= 11 is 2.96. The van der Waals surface area contributed by atoms with Crippen molar-refractivity contribution in [3.8, 4) is 0 Å². The lowest BCUT2D eigenvalue weighted by molar-refractivity contribution is -0.141. The minimum atomic E-state index is -0.916. The lowest BCUT2D eigenvalue weighted by atomic mass is 10.1. The van der Waals surface area contributed by atoms with E-state index in [9.17, 15) is 14.4 Å². The van der Waals surface area contributed by atoms with E-state index in [1.165, 1.54) is 11.3 Å². The zero-order chi connectivity index (χ0) is 16.1. The standard InChI is InChI=1S/C14H18N2O4S2/c1-9(15-13(19)11-3-2-5-22-11)14(20)16-4-6-21-8-10(16)7-12(17)18/h2-3,5,9-10H,4,6-8H2,1H3,(H,15,19)(H,17,18). The molecule has 1 aliphatic heterocycles. The molecule has 1 aromatic heterocycles. The molecular formula is C14H18N2O4S2. The van der Waals surface area contributed by atoms with E-state index in [1.54, 1.807) is 41.1 Å². The van der Waals surface area contributed by atoms with Gasteiger partial charge in [-0.3, -0.25) is 14.4 Å². The van der Waals surface area contributed by atoms with E-state index in [2.05, 4.69) is 5.32 Å². The summed E-state index contributed by atoms with van der Waals surface area (Å²) in [6, 6.07) is 2.48. The van der Waals surface area contributed by atoms with E-state index in [0.29, 0.717) is 17.2 Å². The quantitative estimate of drug-likeness (QED) is 0.842. The molecular weight excluding hydrogens is 324 g/mol. The van der Waals surface area contributed by atoms with Crippen LogP contribution in [0.2, 0.25) is 0 Å². The summed E-state index contributed by atoms with van der Waals surface area (Å²) in [6.45, 7) is 2.15. The predicted octanol–water partition coefficient (Wildman–Crippen LogP) is 1.29. The second-order valence-electron chi connectivity index (χ2n) is 5.03. The highest BCUT2D eigenvalue weighted by Crippen LogP contribution is 2.20. The monoisotopic (exact) mass is 342 g/mol. The van der Waals surface area contributed by atoms with E-state index in [-0.39, 0.29) is 24.3 Å². The number of rotatable bonds is 5. The number of carbonyl (C=O) groups excluding carboxylic acids is 2. The predicted molar refractivity (Wildman–Crippen MR) is 86.3 cm³/mol. The second-order valence-corrected chi connectivity index (χ2v) is 7.13. The van der Waals surface area contributed by atoms with Gasteiger partial charge in [0.25, 0.3) is 5.91 Å². The molecule has 22 heavy (non-hydrogen) atoms. The van der Waals surface area contributed by atoms with Gasteiger partial charge in [-0.25, -0.2) is 0 Å². The molecule has 1 saturated heterocycles. The van der Waals surface area contributed by atoms with Crippen molar-refractivity contribution in [2.45, 2.75) is 25.4 Å². The van der Waals surface area contributed by atoms with Crippen LogP contribution in [0.5, 0.6) is 0 Å². The fraction of sp³-hybridized carbons (Fsp3) is 0.500. The van der Waals surface area contributed by atoms with Gasteiger partial charge < -0.3 is 15.3 Å². The summed E-state index contributed by atoms with van der Waals surface area (Å²) in [5, 5.41) is 13.4. The highest BCUT2D eigenvalue weighted by Gasteiger charge is 2.32. The summed E-state index contributed by atoms with van der Waals surface area (Å²) in [5.41, 5.74) is 0. The molecule has 8 heteroatoms. The Morgan fingerprint density at radius 3 is 2.91 bits per heavy atom. The van der Waals surface area contributed by atoms with Gasteiger partial charge in [0.2, 0.25) is 5.91 Å². The zero-order valence-electron chi connectivity index (χ0n) is 12.2. The third-order valence-corrected chi connectivity index (χ3v) is 5.34. The zero-order valence-corrected chi connectivity index (χ0v) is 13.8. The Bertz CT molecular complexity index is 547. The van der Waals surface area contributed by atoms with Crippen LogP contribution in [0, 0.1) is 0 Å². The fourth-order valence-corrected chi connectivity index (χ4v) is 3.99. The van der Waals surface area contributed by atoms with E-state index >= 15 is 0 Å². The van der Waals surface area contributed by atoms with Crippen molar-refractivity contribution >= 4 is 40.9 Å². The van der Waals surface area contributed by atoms with Gasteiger partial charge in [0.15, 0.2) is 0 Å². The molecule has 2 heterocycles. The molecule has 1 fully saturated rings.